The van der Waals surface area contributed by atoms with Crippen LogP contribution in [0, 0.1) is 11.7 Å². The maximum absolute atomic E-state index is 13.7. The maximum Gasteiger partial charge on any atom is 0.220 e. The van der Waals surface area contributed by atoms with Crippen molar-refractivity contribution in [2.24, 2.45) is 11.7 Å². The zero-order valence-corrected chi connectivity index (χ0v) is 10.2. The van der Waals surface area contributed by atoms with Crippen LogP contribution in [0.3, 0.4) is 0 Å². The number of nitrogens with zero attached hydrogens (tertiary/aromatic N) is 1. The van der Waals surface area contributed by atoms with Crippen molar-refractivity contribution in [2.45, 2.75) is 19.4 Å². The minimum Gasteiger partial charge on any atom is -0.396 e. The first kappa shape index (κ1) is 12.8. The molecule has 0 bridgehead atoms. The highest BCUT2D eigenvalue weighted by molar-refractivity contribution is 5.76. The Morgan fingerprint density at radius 3 is 2.67 bits per heavy atom. The van der Waals surface area contributed by atoms with Gasteiger partial charge in [0.2, 0.25) is 5.91 Å². The van der Waals surface area contributed by atoms with Crippen LogP contribution in [0.15, 0.2) is 18.2 Å². The third-order valence-corrected chi connectivity index (χ3v) is 3.49. The Bertz CT molecular complexity index is 442. The van der Waals surface area contributed by atoms with Gasteiger partial charge in [-0.25, -0.2) is 4.39 Å². The molecule has 0 spiro atoms. The average molecular weight is 251 g/mol. The number of nitrogens with two attached hydrogens (primary N) is 2. The number of benzene rings is 1. The van der Waals surface area contributed by atoms with Crippen molar-refractivity contribution in [3.63, 3.8) is 0 Å². The van der Waals surface area contributed by atoms with Crippen LogP contribution in [0.1, 0.15) is 18.4 Å². The van der Waals surface area contributed by atoms with Gasteiger partial charge in [-0.05, 0) is 32.0 Å². The van der Waals surface area contributed by atoms with E-state index in [1.807, 2.05) is 0 Å². The molecule has 0 aromatic heterocycles. The number of halogens is 1. The lowest BCUT2D eigenvalue weighted by atomic mass is 9.96. The molecule has 0 saturated carbocycles. The molecule has 2 rings (SSSR count). The fourth-order valence-corrected chi connectivity index (χ4v) is 2.34. The van der Waals surface area contributed by atoms with E-state index in [1.165, 1.54) is 0 Å². The Labute approximate surface area is 106 Å². The van der Waals surface area contributed by atoms with Gasteiger partial charge in [-0.1, -0.05) is 12.1 Å². The number of piperidine rings is 1. The first-order valence-corrected chi connectivity index (χ1v) is 6.12. The van der Waals surface area contributed by atoms with Crippen molar-refractivity contribution in [3.05, 3.63) is 29.6 Å². The smallest absolute Gasteiger partial charge is 0.220 e. The van der Waals surface area contributed by atoms with Crippen molar-refractivity contribution in [3.8, 4) is 0 Å². The summed E-state index contributed by atoms with van der Waals surface area (Å²) in [7, 11) is 0. The van der Waals surface area contributed by atoms with Crippen molar-refractivity contribution in [1.29, 1.82) is 0 Å². The zero-order valence-electron chi connectivity index (χ0n) is 10.2. The first-order valence-electron chi connectivity index (χ1n) is 6.12. The number of hydrogen-bond donors (Lipinski definition) is 2. The van der Waals surface area contributed by atoms with Gasteiger partial charge in [0.1, 0.15) is 0 Å². The fourth-order valence-electron chi connectivity index (χ4n) is 2.34. The number of carbonyl (C=O) groups excluding carboxylic acids is 1. The van der Waals surface area contributed by atoms with Crippen LogP contribution in [0.2, 0.25) is 0 Å². The van der Waals surface area contributed by atoms with Crippen molar-refractivity contribution >= 4 is 11.6 Å². The van der Waals surface area contributed by atoms with Gasteiger partial charge in [-0.2, -0.15) is 0 Å². The van der Waals surface area contributed by atoms with E-state index in [4.69, 9.17) is 11.5 Å². The monoisotopic (exact) mass is 251 g/mol. The van der Waals surface area contributed by atoms with Gasteiger partial charge >= 0.3 is 0 Å². The quantitative estimate of drug-likeness (QED) is 0.790. The van der Waals surface area contributed by atoms with Crippen LogP contribution >= 0.6 is 0 Å². The number of nitrogen functional groups attached to an aromatic ring is 1. The topological polar surface area (TPSA) is 72.4 Å². The molecule has 0 aliphatic carbocycles. The van der Waals surface area contributed by atoms with Crippen LogP contribution in [0.5, 0.6) is 0 Å². The number of carbonyl (C=O) groups is 1. The largest absolute Gasteiger partial charge is 0.396 e. The van der Waals surface area contributed by atoms with Gasteiger partial charge < -0.3 is 11.5 Å². The molecular weight excluding hydrogens is 233 g/mol. The maximum atomic E-state index is 13.7. The van der Waals surface area contributed by atoms with Crippen LogP contribution < -0.4 is 11.5 Å². The molecule has 5 heteroatoms. The summed E-state index contributed by atoms with van der Waals surface area (Å²) in [5.74, 6) is -0.605. The molecule has 1 heterocycles. The molecule has 18 heavy (non-hydrogen) atoms. The SMILES string of the molecule is NC(=O)C1CCN(Cc2cccc(N)c2F)CC1. The Kier molecular flexibility index (Phi) is 3.81. The van der Waals surface area contributed by atoms with Crippen molar-refractivity contribution in [2.75, 3.05) is 18.8 Å². The van der Waals surface area contributed by atoms with Crippen LogP contribution in [0.4, 0.5) is 10.1 Å². The molecule has 0 radical (unpaired) electrons. The second-order valence-electron chi connectivity index (χ2n) is 4.77. The summed E-state index contributed by atoms with van der Waals surface area (Å²) in [6, 6.07) is 5.05. The van der Waals surface area contributed by atoms with Gasteiger partial charge in [0.05, 0.1) is 5.69 Å². The summed E-state index contributed by atoms with van der Waals surface area (Å²) in [4.78, 5) is 13.2. The van der Waals surface area contributed by atoms with Gasteiger partial charge in [0, 0.05) is 18.0 Å². The molecule has 1 aromatic carbocycles. The van der Waals surface area contributed by atoms with E-state index < -0.39 is 0 Å². The zero-order chi connectivity index (χ0) is 13.1. The molecule has 98 valence electrons. The highest BCUT2D eigenvalue weighted by Crippen LogP contribution is 2.21. The highest BCUT2D eigenvalue weighted by atomic mass is 19.1. The normalized spacial score (nSPS) is 17.8. The molecule has 4 N–H and O–H groups in total. The lowest BCUT2D eigenvalue weighted by Crippen LogP contribution is -2.38. The second kappa shape index (κ2) is 5.35. The summed E-state index contributed by atoms with van der Waals surface area (Å²) in [5, 5.41) is 0. The standard InChI is InChI=1S/C13H18FN3O/c14-12-10(2-1-3-11(12)15)8-17-6-4-9(5-7-17)13(16)18/h1-3,9H,4-8,15H2,(H2,16,18). The first-order chi connectivity index (χ1) is 8.58. The molecule has 1 aromatic rings. The van der Waals surface area contributed by atoms with Crippen molar-refractivity contribution < 1.29 is 9.18 Å². The fraction of sp³-hybridized carbons (Fsp3) is 0.462. The minimum absolute atomic E-state index is 0.0352. The van der Waals surface area contributed by atoms with E-state index >= 15 is 0 Å². The molecule has 1 aliphatic heterocycles. The van der Waals surface area contributed by atoms with Gasteiger partial charge in [0.15, 0.2) is 5.82 Å². The lowest BCUT2D eigenvalue weighted by molar-refractivity contribution is -0.123. The van der Waals surface area contributed by atoms with Gasteiger partial charge in [-0.15, -0.1) is 0 Å². The minimum atomic E-state index is -0.338. The molecule has 1 aliphatic rings. The predicted octanol–water partition coefficient (Wildman–Crippen LogP) is 1.11. The Balaban J connectivity index is 1.96. The van der Waals surface area contributed by atoms with Crippen LogP contribution in [0.25, 0.3) is 0 Å². The number of amides is 1. The Morgan fingerprint density at radius 2 is 2.06 bits per heavy atom. The third kappa shape index (κ3) is 2.79. The number of rotatable bonds is 3. The molecule has 4 nitrogen and oxygen atoms in total. The summed E-state index contributed by atoms with van der Waals surface area (Å²) in [6.45, 7) is 2.06. The number of hydrogen-bond acceptors (Lipinski definition) is 3. The summed E-state index contributed by atoms with van der Waals surface area (Å²) >= 11 is 0. The van der Waals surface area contributed by atoms with E-state index in [0.717, 1.165) is 25.9 Å². The molecule has 0 unspecified atom stereocenters. The molecule has 1 amide bonds. The summed E-state index contributed by atoms with van der Waals surface area (Å²) in [5.41, 5.74) is 11.6. The van der Waals surface area contributed by atoms with E-state index in [9.17, 15) is 9.18 Å². The summed E-state index contributed by atoms with van der Waals surface area (Å²) in [6.07, 6.45) is 1.50. The van der Waals surface area contributed by atoms with Gasteiger partial charge in [-0.3, -0.25) is 9.69 Å². The lowest BCUT2D eigenvalue weighted by Gasteiger charge is -2.30. The van der Waals surface area contributed by atoms with Gasteiger partial charge in [0.25, 0.3) is 0 Å². The number of anilines is 1. The number of likely N-dealkylation sites (tertiary alicyclic amines) is 1. The average Bonchev–Trinajstić information content (AvgIpc) is 2.36. The Morgan fingerprint density at radius 1 is 1.39 bits per heavy atom. The molecule has 1 saturated heterocycles. The second-order valence-corrected chi connectivity index (χ2v) is 4.77. The molecule has 1 fully saturated rings. The molecular formula is C13H18FN3O. The highest BCUT2D eigenvalue weighted by Gasteiger charge is 2.23. The Hall–Kier alpha value is -1.62. The molecule has 0 atom stereocenters. The van der Waals surface area contributed by atoms with E-state index in [0.29, 0.717) is 12.1 Å². The predicted molar refractivity (Wildman–Crippen MR) is 68.0 cm³/mol. The van der Waals surface area contributed by atoms with Crippen molar-refractivity contribution in [1.82, 2.24) is 4.90 Å². The summed E-state index contributed by atoms with van der Waals surface area (Å²) < 4.78 is 13.7. The van der Waals surface area contributed by atoms with Crippen LogP contribution in [-0.4, -0.2) is 23.9 Å². The van der Waals surface area contributed by atoms with Crippen LogP contribution in [-0.2, 0) is 11.3 Å². The van der Waals surface area contributed by atoms with E-state index in [1.54, 1.807) is 18.2 Å². The third-order valence-electron chi connectivity index (χ3n) is 3.49. The van der Waals surface area contributed by atoms with E-state index in [2.05, 4.69) is 4.90 Å². The van der Waals surface area contributed by atoms with E-state index in [-0.39, 0.29) is 23.3 Å². The number of primary amides is 1.